The Labute approximate surface area is 136 Å². The lowest BCUT2D eigenvalue weighted by molar-refractivity contribution is -0.124. The van der Waals surface area contributed by atoms with Crippen LogP contribution in [0.5, 0.6) is 0 Å². The predicted molar refractivity (Wildman–Crippen MR) is 88.1 cm³/mol. The van der Waals surface area contributed by atoms with Gasteiger partial charge < -0.3 is 16.0 Å². The number of carbonyl (C=O) groups excluding carboxylic acids is 1. The first-order valence-electron chi connectivity index (χ1n) is 8.73. The molecule has 0 unspecified atom stereocenters. The molecule has 1 aromatic heterocycles. The van der Waals surface area contributed by atoms with Crippen LogP contribution in [0.2, 0.25) is 0 Å². The van der Waals surface area contributed by atoms with Crippen molar-refractivity contribution >= 4 is 11.7 Å². The molecule has 124 valence electrons. The number of piperidine rings is 2. The molecule has 1 amide bonds. The van der Waals surface area contributed by atoms with Gasteiger partial charge in [-0.05, 0) is 37.5 Å². The van der Waals surface area contributed by atoms with E-state index in [1.54, 1.807) is 6.33 Å². The number of carbonyl (C=O) groups is 1. The van der Waals surface area contributed by atoms with E-state index in [9.17, 15) is 4.79 Å². The lowest BCUT2D eigenvalue weighted by atomic mass is 9.73. The molecule has 3 fully saturated rings. The maximum atomic E-state index is 11.4. The number of nitrogens with one attached hydrogen (secondary N) is 1. The molecule has 6 nitrogen and oxygen atoms in total. The summed E-state index contributed by atoms with van der Waals surface area (Å²) in [5.74, 6) is 1.76. The van der Waals surface area contributed by atoms with E-state index in [1.165, 1.54) is 0 Å². The fourth-order valence-electron chi connectivity index (χ4n) is 4.14. The van der Waals surface area contributed by atoms with Crippen molar-refractivity contribution in [3.63, 3.8) is 0 Å². The van der Waals surface area contributed by atoms with Crippen molar-refractivity contribution < 1.29 is 4.79 Å². The van der Waals surface area contributed by atoms with Gasteiger partial charge >= 0.3 is 0 Å². The minimum absolute atomic E-state index is 0.206. The second kappa shape index (κ2) is 5.74. The molecule has 0 radical (unpaired) electrons. The largest absolute Gasteiger partial charge is 0.356 e. The summed E-state index contributed by atoms with van der Waals surface area (Å²) in [6.07, 6.45) is 7.74. The molecule has 4 rings (SSSR count). The van der Waals surface area contributed by atoms with E-state index in [1.807, 2.05) is 0 Å². The number of anilines is 1. The second-order valence-electron chi connectivity index (χ2n) is 7.49. The van der Waals surface area contributed by atoms with E-state index < -0.39 is 0 Å². The molecule has 3 N–H and O–H groups in total. The average Bonchev–Trinajstić information content (AvgIpc) is 2.56. The van der Waals surface area contributed by atoms with Crippen molar-refractivity contribution in [2.24, 2.45) is 11.1 Å². The van der Waals surface area contributed by atoms with Crippen LogP contribution in [0, 0.1) is 5.41 Å². The van der Waals surface area contributed by atoms with Crippen LogP contribution >= 0.6 is 0 Å². The van der Waals surface area contributed by atoms with Crippen molar-refractivity contribution in [1.82, 2.24) is 15.3 Å². The molecule has 0 atom stereocenters. The van der Waals surface area contributed by atoms with Gasteiger partial charge in [-0.1, -0.05) is 0 Å². The SMILES string of the molecule is NC1CC(c2cc(N3CCC4(CCC(=O)NC4)CC3)ncn2)C1. The van der Waals surface area contributed by atoms with Crippen molar-refractivity contribution in [3.8, 4) is 0 Å². The van der Waals surface area contributed by atoms with Crippen LogP contribution in [0.15, 0.2) is 12.4 Å². The van der Waals surface area contributed by atoms with Gasteiger partial charge in [0.05, 0.1) is 0 Å². The number of amides is 1. The van der Waals surface area contributed by atoms with Crippen LogP contribution in [-0.2, 0) is 4.79 Å². The number of rotatable bonds is 2. The quantitative estimate of drug-likeness (QED) is 0.856. The van der Waals surface area contributed by atoms with Crippen molar-refractivity contribution in [3.05, 3.63) is 18.1 Å². The third-order valence-corrected chi connectivity index (χ3v) is 5.96. The lowest BCUT2D eigenvalue weighted by Gasteiger charge is -2.44. The van der Waals surface area contributed by atoms with Crippen molar-refractivity contribution in [2.75, 3.05) is 24.5 Å². The summed E-state index contributed by atoms with van der Waals surface area (Å²) < 4.78 is 0. The normalized spacial score (nSPS) is 30.0. The van der Waals surface area contributed by atoms with Crippen LogP contribution in [0.3, 0.4) is 0 Å². The molecule has 1 saturated carbocycles. The Morgan fingerprint density at radius 1 is 1.22 bits per heavy atom. The molecule has 1 spiro atoms. The fraction of sp³-hybridized carbons (Fsp3) is 0.706. The topological polar surface area (TPSA) is 84.1 Å². The summed E-state index contributed by atoms with van der Waals surface area (Å²) in [5, 5.41) is 3.05. The number of hydrogen-bond donors (Lipinski definition) is 2. The van der Waals surface area contributed by atoms with Gasteiger partial charge in [-0.3, -0.25) is 4.79 Å². The summed E-state index contributed by atoms with van der Waals surface area (Å²) >= 11 is 0. The standard InChI is InChI=1S/C17H25N5O/c18-13-7-12(8-13)14-9-15(21-11-20-14)22-5-3-17(4-6-22)2-1-16(23)19-10-17/h9,11-13H,1-8,10,18H2,(H,19,23). The van der Waals surface area contributed by atoms with Crippen LogP contribution in [0.25, 0.3) is 0 Å². The minimum Gasteiger partial charge on any atom is -0.356 e. The van der Waals surface area contributed by atoms with E-state index >= 15 is 0 Å². The first-order valence-corrected chi connectivity index (χ1v) is 8.73. The first-order chi connectivity index (χ1) is 11.1. The molecule has 1 aromatic rings. The highest BCUT2D eigenvalue weighted by atomic mass is 16.1. The Hall–Kier alpha value is -1.69. The third-order valence-electron chi connectivity index (χ3n) is 5.96. The predicted octanol–water partition coefficient (Wildman–Crippen LogP) is 1.18. The maximum absolute atomic E-state index is 11.4. The molecule has 1 aliphatic carbocycles. The Bertz CT molecular complexity index is 578. The van der Waals surface area contributed by atoms with E-state index in [4.69, 9.17) is 5.73 Å². The summed E-state index contributed by atoms with van der Waals surface area (Å²) in [7, 11) is 0. The monoisotopic (exact) mass is 315 g/mol. The van der Waals surface area contributed by atoms with Crippen molar-refractivity contribution in [2.45, 2.75) is 50.5 Å². The fourth-order valence-corrected chi connectivity index (χ4v) is 4.14. The summed E-state index contributed by atoms with van der Waals surface area (Å²) in [4.78, 5) is 22.7. The van der Waals surface area contributed by atoms with Gasteiger partial charge in [-0.25, -0.2) is 9.97 Å². The third kappa shape index (κ3) is 2.92. The first kappa shape index (κ1) is 14.9. The Balaban J connectivity index is 1.40. The van der Waals surface area contributed by atoms with Gasteiger partial charge in [0, 0.05) is 49.8 Å². The highest BCUT2D eigenvalue weighted by Crippen LogP contribution is 2.39. The number of nitrogens with two attached hydrogens (primary N) is 1. The van der Waals surface area contributed by atoms with Gasteiger partial charge in [-0.15, -0.1) is 0 Å². The highest BCUT2D eigenvalue weighted by Gasteiger charge is 2.38. The summed E-state index contributed by atoms with van der Waals surface area (Å²) in [6, 6.07) is 2.49. The zero-order valence-corrected chi connectivity index (χ0v) is 13.5. The average molecular weight is 315 g/mol. The molecule has 2 aliphatic heterocycles. The molecule has 3 aliphatic rings. The van der Waals surface area contributed by atoms with Gasteiger partial charge in [-0.2, -0.15) is 0 Å². The zero-order valence-electron chi connectivity index (χ0n) is 13.5. The van der Waals surface area contributed by atoms with Crippen LogP contribution < -0.4 is 16.0 Å². The highest BCUT2D eigenvalue weighted by molar-refractivity contribution is 5.76. The number of nitrogens with zero attached hydrogens (tertiary/aromatic N) is 3. The lowest BCUT2D eigenvalue weighted by Crippen LogP contribution is -2.49. The summed E-state index contributed by atoms with van der Waals surface area (Å²) in [6.45, 7) is 2.86. The van der Waals surface area contributed by atoms with E-state index in [0.29, 0.717) is 23.8 Å². The molecule has 0 aromatic carbocycles. The Morgan fingerprint density at radius 3 is 2.65 bits per heavy atom. The van der Waals surface area contributed by atoms with Gasteiger partial charge in [0.1, 0.15) is 12.1 Å². The van der Waals surface area contributed by atoms with Crippen LogP contribution in [-0.4, -0.2) is 41.6 Å². The molecular formula is C17H25N5O. The Morgan fingerprint density at radius 2 is 2.00 bits per heavy atom. The van der Waals surface area contributed by atoms with Gasteiger partial charge in [0.25, 0.3) is 0 Å². The maximum Gasteiger partial charge on any atom is 0.220 e. The molecule has 0 bridgehead atoms. The van der Waals surface area contributed by atoms with Gasteiger partial charge in [0.15, 0.2) is 0 Å². The van der Waals surface area contributed by atoms with Gasteiger partial charge in [0.2, 0.25) is 5.91 Å². The molecule has 2 saturated heterocycles. The van der Waals surface area contributed by atoms with Crippen LogP contribution in [0.4, 0.5) is 5.82 Å². The minimum atomic E-state index is 0.206. The second-order valence-corrected chi connectivity index (χ2v) is 7.49. The Kier molecular flexibility index (Phi) is 3.71. The van der Waals surface area contributed by atoms with E-state index in [0.717, 1.165) is 63.3 Å². The number of hydrogen-bond acceptors (Lipinski definition) is 5. The zero-order chi connectivity index (χ0) is 15.9. The van der Waals surface area contributed by atoms with E-state index in [2.05, 4.69) is 26.3 Å². The molecule has 3 heterocycles. The van der Waals surface area contributed by atoms with Crippen molar-refractivity contribution in [1.29, 1.82) is 0 Å². The van der Waals surface area contributed by atoms with E-state index in [-0.39, 0.29) is 5.91 Å². The molecule has 23 heavy (non-hydrogen) atoms. The van der Waals surface area contributed by atoms with Crippen LogP contribution in [0.1, 0.15) is 50.1 Å². The smallest absolute Gasteiger partial charge is 0.220 e. The molecular weight excluding hydrogens is 290 g/mol. The number of aromatic nitrogens is 2. The molecule has 6 heteroatoms. The summed E-state index contributed by atoms with van der Waals surface area (Å²) in [5.41, 5.74) is 7.34.